The van der Waals surface area contributed by atoms with E-state index in [1.165, 1.54) is 16.4 Å². The molecule has 0 radical (unpaired) electrons. The van der Waals surface area contributed by atoms with E-state index < -0.39 is 28.1 Å². The van der Waals surface area contributed by atoms with Crippen LogP contribution in [0.3, 0.4) is 0 Å². The molecule has 0 bridgehead atoms. The van der Waals surface area contributed by atoms with Crippen LogP contribution in [0.4, 0.5) is 4.79 Å². The van der Waals surface area contributed by atoms with Crippen LogP contribution in [0.1, 0.15) is 12.0 Å². The number of nitrogens with zero attached hydrogens (tertiary/aromatic N) is 2. The Morgan fingerprint density at radius 3 is 2.48 bits per heavy atom. The first-order valence-electron chi connectivity index (χ1n) is 9.18. The lowest BCUT2D eigenvalue weighted by atomic mass is 10.2. The third-order valence-electron chi connectivity index (χ3n) is 4.96. The van der Waals surface area contributed by atoms with Gasteiger partial charge in [-0.3, -0.25) is 4.79 Å². The summed E-state index contributed by atoms with van der Waals surface area (Å²) in [6.07, 6.45) is -0.328. The Bertz CT molecular complexity index is 1030. The molecule has 152 valence electrons. The Morgan fingerprint density at radius 2 is 1.83 bits per heavy atom. The monoisotopic (exact) mass is 416 g/mol. The number of cyclic esters (lactones) is 1. The highest BCUT2D eigenvalue weighted by molar-refractivity contribution is 7.89. The highest BCUT2D eigenvalue weighted by Gasteiger charge is 2.43. The van der Waals surface area contributed by atoms with Gasteiger partial charge in [0.2, 0.25) is 10.0 Å². The predicted molar refractivity (Wildman–Crippen MR) is 103 cm³/mol. The van der Waals surface area contributed by atoms with Gasteiger partial charge in [0, 0.05) is 13.1 Å². The van der Waals surface area contributed by atoms with Crippen LogP contribution in [0.25, 0.3) is 0 Å². The van der Waals surface area contributed by atoms with Gasteiger partial charge >= 0.3 is 6.09 Å². The van der Waals surface area contributed by atoms with E-state index in [1.807, 2.05) is 31.2 Å². The van der Waals surface area contributed by atoms with Gasteiger partial charge in [0.05, 0.1) is 10.9 Å². The fourth-order valence-electron chi connectivity index (χ4n) is 3.50. The molecule has 0 N–H and O–H groups in total. The fraction of sp³-hybridized carbons (Fsp3) is 0.300. The van der Waals surface area contributed by atoms with Crippen LogP contribution in [0.15, 0.2) is 53.4 Å². The van der Waals surface area contributed by atoms with E-state index in [9.17, 15) is 18.0 Å². The maximum atomic E-state index is 12.9. The fourth-order valence-corrected chi connectivity index (χ4v) is 4.99. The molecular weight excluding hydrogens is 396 g/mol. The van der Waals surface area contributed by atoms with Gasteiger partial charge in [-0.2, -0.15) is 4.31 Å². The van der Waals surface area contributed by atoms with E-state index in [1.54, 1.807) is 12.1 Å². The Hall–Kier alpha value is -2.91. The zero-order valence-corrected chi connectivity index (χ0v) is 16.6. The molecule has 4 rings (SSSR count). The van der Waals surface area contributed by atoms with Crippen molar-refractivity contribution in [1.29, 1.82) is 0 Å². The van der Waals surface area contributed by atoms with Gasteiger partial charge in [-0.1, -0.05) is 12.1 Å². The number of carbonyl (C=O) groups is 2. The van der Waals surface area contributed by atoms with Crippen molar-refractivity contribution >= 4 is 22.0 Å². The molecule has 2 aromatic carbocycles. The van der Waals surface area contributed by atoms with Gasteiger partial charge in [0.15, 0.2) is 6.61 Å². The first-order chi connectivity index (χ1) is 13.8. The molecule has 8 nitrogen and oxygen atoms in total. The summed E-state index contributed by atoms with van der Waals surface area (Å²) in [7, 11) is -3.74. The summed E-state index contributed by atoms with van der Waals surface area (Å²) >= 11 is 0. The summed E-state index contributed by atoms with van der Waals surface area (Å²) < 4.78 is 37.6. The van der Waals surface area contributed by atoms with Crippen LogP contribution in [0, 0.1) is 6.92 Å². The van der Waals surface area contributed by atoms with E-state index in [2.05, 4.69) is 0 Å². The van der Waals surface area contributed by atoms with Crippen molar-refractivity contribution < 1.29 is 27.5 Å². The topological polar surface area (TPSA) is 93.2 Å². The molecule has 0 aliphatic carbocycles. The first-order valence-corrected chi connectivity index (χ1v) is 10.6. The van der Waals surface area contributed by atoms with E-state index in [-0.39, 0.29) is 24.6 Å². The lowest BCUT2D eigenvalue weighted by molar-refractivity contribution is -0.127. The summed E-state index contributed by atoms with van der Waals surface area (Å²) in [5.74, 6) is 0.765. The van der Waals surface area contributed by atoms with Crippen LogP contribution >= 0.6 is 0 Å². The second-order valence-corrected chi connectivity index (χ2v) is 8.95. The second kappa shape index (κ2) is 7.49. The summed E-state index contributed by atoms with van der Waals surface area (Å²) in [5, 5.41) is 0. The number of sulfonamides is 1. The molecule has 2 aliphatic heterocycles. The number of hydrogen-bond donors (Lipinski definition) is 0. The van der Waals surface area contributed by atoms with E-state index in [0.29, 0.717) is 17.9 Å². The lowest BCUT2D eigenvalue weighted by Gasteiger charge is -2.20. The predicted octanol–water partition coefficient (Wildman–Crippen LogP) is 2.53. The molecule has 2 aromatic rings. The highest BCUT2D eigenvalue weighted by atomic mass is 32.2. The molecule has 2 saturated heterocycles. The zero-order chi connectivity index (χ0) is 20.6. The largest absolute Gasteiger partial charge is 0.457 e. The van der Waals surface area contributed by atoms with Gasteiger partial charge in [-0.15, -0.1) is 0 Å². The molecule has 2 amide bonds. The van der Waals surface area contributed by atoms with Crippen molar-refractivity contribution in [3.63, 3.8) is 0 Å². The van der Waals surface area contributed by atoms with Crippen molar-refractivity contribution in [2.75, 3.05) is 19.7 Å². The average Bonchev–Trinajstić information content (AvgIpc) is 3.29. The molecular formula is C20H20N2O6S. The van der Waals surface area contributed by atoms with Crippen LogP contribution in [0.5, 0.6) is 11.5 Å². The first kappa shape index (κ1) is 19.4. The van der Waals surface area contributed by atoms with Crippen molar-refractivity contribution in [2.24, 2.45) is 0 Å². The minimum atomic E-state index is -3.74. The molecule has 2 heterocycles. The number of benzene rings is 2. The number of aryl methyl sites for hydroxylation is 1. The Balaban J connectivity index is 1.46. The third kappa shape index (κ3) is 3.83. The normalized spacial score (nSPS) is 20.2. The van der Waals surface area contributed by atoms with Crippen molar-refractivity contribution in [3.05, 3.63) is 54.1 Å². The Kier molecular flexibility index (Phi) is 5.01. The van der Waals surface area contributed by atoms with Gasteiger partial charge in [0.1, 0.15) is 11.5 Å². The number of carbonyl (C=O) groups excluding carboxylic acids is 2. The lowest BCUT2D eigenvalue weighted by Crippen LogP contribution is -2.42. The van der Waals surface area contributed by atoms with Gasteiger partial charge < -0.3 is 9.47 Å². The van der Waals surface area contributed by atoms with Crippen LogP contribution < -0.4 is 4.74 Å². The number of rotatable bonds is 5. The Labute approximate surface area is 168 Å². The quantitative estimate of drug-likeness (QED) is 0.744. The maximum Gasteiger partial charge on any atom is 0.417 e. The van der Waals surface area contributed by atoms with E-state index >= 15 is 0 Å². The molecule has 2 fully saturated rings. The minimum Gasteiger partial charge on any atom is -0.457 e. The molecule has 1 atom stereocenters. The average molecular weight is 416 g/mol. The number of hydrogen-bond acceptors (Lipinski definition) is 6. The van der Waals surface area contributed by atoms with E-state index in [0.717, 1.165) is 10.5 Å². The zero-order valence-electron chi connectivity index (χ0n) is 15.8. The molecule has 1 unspecified atom stereocenters. The second-order valence-electron chi connectivity index (χ2n) is 7.01. The van der Waals surface area contributed by atoms with Crippen LogP contribution in [-0.2, 0) is 19.6 Å². The van der Waals surface area contributed by atoms with Gasteiger partial charge in [0.25, 0.3) is 5.91 Å². The molecule has 0 saturated carbocycles. The number of amides is 2. The SMILES string of the molecule is Cc1cccc(Oc2ccc(S(=O)(=O)N3CCC(N4C(=O)COC4=O)C3)cc2)c1. The smallest absolute Gasteiger partial charge is 0.417 e. The molecule has 0 aromatic heterocycles. The maximum absolute atomic E-state index is 12.9. The van der Waals surface area contributed by atoms with E-state index in [4.69, 9.17) is 9.47 Å². The third-order valence-corrected chi connectivity index (χ3v) is 6.84. The summed E-state index contributed by atoms with van der Waals surface area (Å²) in [5.41, 5.74) is 1.06. The van der Waals surface area contributed by atoms with Crippen molar-refractivity contribution in [1.82, 2.24) is 9.21 Å². The van der Waals surface area contributed by atoms with Crippen molar-refractivity contribution in [2.45, 2.75) is 24.3 Å². The van der Waals surface area contributed by atoms with Crippen LogP contribution in [0.2, 0.25) is 0 Å². The minimum absolute atomic E-state index is 0.0602. The number of ether oxygens (including phenoxy) is 2. The summed E-state index contributed by atoms with van der Waals surface area (Å²) in [6, 6.07) is 13.2. The summed E-state index contributed by atoms with van der Waals surface area (Å²) in [6.45, 7) is 1.96. The Morgan fingerprint density at radius 1 is 1.07 bits per heavy atom. The van der Waals surface area contributed by atoms with Gasteiger partial charge in [-0.25, -0.2) is 18.1 Å². The molecule has 9 heteroatoms. The number of imide groups is 1. The van der Waals surface area contributed by atoms with Gasteiger partial charge in [-0.05, 0) is 55.3 Å². The standard InChI is InChI=1S/C20H20N2O6S/c1-14-3-2-4-17(11-14)28-16-5-7-18(8-6-16)29(25,26)21-10-9-15(12-21)22-19(23)13-27-20(22)24/h2-8,11,15H,9-10,12-13H2,1H3. The molecule has 0 spiro atoms. The van der Waals surface area contributed by atoms with Crippen molar-refractivity contribution in [3.8, 4) is 11.5 Å². The highest BCUT2D eigenvalue weighted by Crippen LogP contribution is 2.28. The molecule has 2 aliphatic rings. The summed E-state index contributed by atoms with van der Waals surface area (Å²) in [4.78, 5) is 24.7. The molecule has 29 heavy (non-hydrogen) atoms. The van der Waals surface area contributed by atoms with Crippen LogP contribution in [-0.4, -0.2) is 55.4 Å².